The van der Waals surface area contributed by atoms with Crippen molar-refractivity contribution in [3.63, 3.8) is 0 Å². The summed E-state index contributed by atoms with van der Waals surface area (Å²) in [5.41, 5.74) is -0.666. The van der Waals surface area contributed by atoms with Gasteiger partial charge in [-0.25, -0.2) is 27.1 Å². The molecule has 0 unspecified atom stereocenters. The molecule has 11 heteroatoms. The highest BCUT2D eigenvalue weighted by molar-refractivity contribution is 7.89. The molecule has 1 rings (SSSR count). The lowest BCUT2D eigenvalue weighted by molar-refractivity contribution is -0.123. The number of benzene rings is 1. The summed E-state index contributed by atoms with van der Waals surface area (Å²) in [7, 11) is -2.74. The predicted octanol–water partition coefficient (Wildman–Crippen LogP) is -0.0976. The number of urea groups is 1. The van der Waals surface area contributed by atoms with Crippen LogP contribution < -0.4 is 15.4 Å². The third-order valence-electron chi connectivity index (χ3n) is 2.73. The number of esters is 1. The van der Waals surface area contributed by atoms with Gasteiger partial charge in [-0.05, 0) is 25.2 Å². The van der Waals surface area contributed by atoms with E-state index < -0.39 is 45.9 Å². The molecule has 9 nitrogen and oxygen atoms in total. The minimum Gasteiger partial charge on any atom is -0.452 e. The van der Waals surface area contributed by atoms with E-state index in [1.54, 1.807) is 0 Å². The van der Waals surface area contributed by atoms with Crippen molar-refractivity contribution in [1.82, 2.24) is 15.4 Å². The van der Waals surface area contributed by atoms with Crippen molar-refractivity contribution in [2.24, 2.45) is 0 Å². The van der Waals surface area contributed by atoms with Crippen molar-refractivity contribution in [3.05, 3.63) is 42.2 Å². The van der Waals surface area contributed by atoms with Gasteiger partial charge in [-0.3, -0.25) is 10.1 Å². The molecule has 0 atom stereocenters. The van der Waals surface area contributed by atoms with E-state index in [0.717, 1.165) is 25.2 Å². The topological polar surface area (TPSA) is 131 Å². The first kappa shape index (κ1) is 20.3. The lowest BCUT2D eigenvalue weighted by Crippen LogP contribution is -2.41. The normalized spacial score (nSPS) is 10.6. The second-order valence-corrected chi connectivity index (χ2v) is 6.36. The second-order valence-electron chi connectivity index (χ2n) is 4.47. The molecule has 0 spiro atoms. The molecule has 1 aromatic rings. The van der Waals surface area contributed by atoms with Crippen LogP contribution in [0.2, 0.25) is 0 Å². The molecule has 0 aliphatic heterocycles. The van der Waals surface area contributed by atoms with E-state index in [-0.39, 0.29) is 11.4 Å². The minimum atomic E-state index is -3.89. The highest BCUT2D eigenvalue weighted by Crippen LogP contribution is 2.15. The van der Waals surface area contributed by atoms with Crippen molar-refractivity contribution in [2.75, 3.05) is 20.2 Å². The molecule has 0 aliphatic carbocycles. The number of amides is 3. The van der Waals surface area contributed by atoms with Gasteiger partial charge in [0, 0.05) is 6.54 Å². The highest BCUT2D eigenvalue weighted by Gasteiger charge is 2.20. The lowest BCUT2D eigenvalue weighted by atomic mass is 10.2. The van der Waals surface area contributed by atoms with Crippen LogP contribution in [0.25, 0.3) is 0 Å². The van der Waals surface area contributed by atoms with Crippen LogP contribution in [-0.4, -0.2) is 46.5 Å². The fraction of sp³-hybridized carbons (Fsp3) is 0.214. The number of rotatable bonds is 7. The van der Waals surface area contributed by atoms with Crippen LogP contribution in [0.5, 0.6) is 0 Å². The molecule has 3 N–H and O–H groups in total. The monoisotopic (exact) mass is 373 g/mol. The summed E-state index contributed by atoms with van der Waals surface area (Å²) in [4.78, 5) is 34.1. The summed E-state index contributed by atoms with van der Waals surface area (Å²) < 4.78 is 43.6. The molecule has 3 amide bonds. The largest absolute Gasteiger partial charge is 0.452 e. The Morgan fingerprint density at radius 2 is 2.00 bits per heavy atom. The smallest absolute Gasteiger partial charge is 0.341 e. The Kier molecular flexibility index (Phi) is 7.21. The number of hydrogen-bond acceptors (Lipinski definition) is 6. The van der Waals surface area contributed by atoms with E-state index >= 15 is 0 Å². The molecular formula is C14H16FN3O6S. The maximum atomic E-state index is 13.7. The summed E-state index contributed by atoms with van der Waals surface area (Å²) in [6.07, 6.45) is 1.39. The summed E-state index contributed by atoms with van der Waals surface area (Å²) in [5.74, 6) is -3.23. The Balaban J connectivity index is 2.75. The van der Waals surface area contributed by atoms with E-state index in [4.69, 9.17) is 0 Å². The summed E-state index contributed by atoms with van der Waals surface area (Å²) in [5, 5.41) is 4.13. The van der Waals surface area contributed by atoms with Crippen LogP contribution in [0.4, 0.5) is 9.18 Å². The van der Waals surface area contributed by atoms with E-state index in [2.05, 4.69) is 16.6 Å². The first-order chi connectivity index (χ1) is 11.7. The molecule has 0 heterocycles. The summed E-state index contributed by atoms with van der Waals surface area (Å²) in [6, 6.07) is 1.70. The molecule has 1 aromatic carbocycles. The Morgan fingerprint density at radius 1 is 1.32 bits per heavy atom. The second kappa shape index (κ2) is 8.89. The van der Waals surface area contributed by atoms with Crippen LogP contribution in [0.1, 0.15) is 10.4 Å². The van der Waals surface area contributed by atoms with E-state index in [9.17, 15) is 27.2 Å². The van der Waals surface area contributed by atoms with Crippen LogP contribution >= 0.6 is 0 Å². The first-order valence-electron chi connectivity index (χ1n) is 6.80. The molecule has 0 bridgehead atoms. The molecule has 0 aliphatic rings. The lowest BCUT2D eigenvalue weighted by Gasteiger charge is -2.08. The molecule has 0 radical (unpaired) electrons. The molecule has 136 valence electrons. The van der Waals surface area contributed by atoms with Gasteiger partial charge in [-0.1, -0.05) is 6.08 Å². The highest BCUT2D eigenvalue weighted by atomic mass is 32.2. The number of sulfonamides is 1. The maximum absolute atomic E-state index is 13.7. The van der Waals surface area contributed by atoms with Gasteiger partial charge in [0.25, 0.3) is 5.91 Å². The number of ether oxygens (including phenoxy) is 1. The fourth-order valence-corrected chi connectivity index (χ4v) is 2.28. The van der Waals surface area contributed by atoms with Crippen molar-refractivity contribution < 1.29 is 31.9 Å². The predicted molar refractivity (Wildman–Crippen MR) is 84.7 cm³/mol. The van der Waals surface area contributed by atoms with Gasteiger partial charge >= 0.3 is 12.0 Å². The Morgan fingerprint density at radius 3 is 2.60 bits per heavy atom. The summed E-state index contributed by atoms with van der Waals surface area (Å²) >= 11 is 0. The number of nitrogens with one attached hydrogen (secondary N) is 3. The SMILES string of the molecule is C=CCNC(=O)NC(=O)COC(=O)c1cc(S(=O)(=O)NC)ccc1F. The molecule has 0 saturated carbocycles. The van der Waals surface area contributed by atoms with Gasteiger partial charge in [-0.2, -0.15) is 0 Å². The average molecular weight is 373 g/mol. The first-order valence-corrected chi connectivity index (χ1v) is 8.28. The quantitative estimate of drug-likeness (QED) is 0.452. The summed E-state index contributed by atoms with van der Waals surface area (Å²) in [6.45, 7) is 2.63. The van der Waals surface area contributed by atoms with Crippen molar-refractivity contribution in [2.45, 2.75) is 4.90 Å². The van der Waals surface area contributed by atoms with Gasteiger partial charge in [0.1, 0.15) is 5.82 Å². The van der Waals surface area contributed by atoms with Crippen molar-refractivity contribution >= 4 is 27.9 Å². The molecular weight excluding hydrogens is 357 g/mol. The Bertz CT molecular complexity index is 794. The van der Waals surface area contributed by atoms with Gasteiger partial charge < -0.3 is 10.1 Å². The van der Waals surface area contributed by atoms with Gasteiger partial charge in [0.2, 0.25) is 10.0 Å². The zero-order valence-electron chi connectivity index (χ0n) is 13.2. The Labute approximate surface area is 143 Å². The number of carbonyl (C=O) groups excluding carboxylic acids is 3. The van der Waals surface area contributed by atoms with E-state index in [1.165, 1.54) is 6.08 Å². The van der Waals surface area contributed by atoms with Crippen LogP contribution in [-0.2, 0) is 19.6 Å². The third-order valence-corrected chi connectivity index (χ3v) is 4.14. The molecule has 0 aromatic heterocycles. The zero-order chi connectivity index (χ0) is 19.0. The zero-order valence-corrected chi connectivity index (χ0v) is 14.0. The average Bonchev–Trinajstić information content (AvgIpc) is 2.58. The van der Waals surface area contributed by atoms with E-state index in [0.29, 0.717) is 0 Å². The van der Waals surface area contributed by atoms with Gasteiger partial charge in [0.15, 0.2) is 6.61 Å². The maximum Gasteiger partial charge on any atom is 0.341 e. The van der Waals surface area contributed by atoms with Gasteiger partial charge in [-0.15, -0.1) is 6.58 Å². The van der Waals surface area contributed by atoms with Gasteiger partial charge in [0.05, 0.1) is 10.5 Å². The number of carbonyl (C=O) groups is 3. The molecule has 0 saturated heterocycles. The number of imide groups is 1. The fourth-order valence-electron chi connectivity index (χ4n) is 1.53. The van der Waals surface area contributed by atoms with Crippen molar-refractivity contribution in [3.8, 4) is 0 Å². The Hall–Kier alpha value is -2.79. The van der Waals surface area contributed by atoms with Crippen molar-refractivity contribution in [1.29, 1.82) is 0 Å². The molecule has 25 heavy (non-hydrogen) atoms. The molecule has 0 fully saturated rings. The minimum absolute atomic E-state index is 0.122. The number of hydrogen-bond donors (Lipinski definition) is 3. The van der Waals surface area contributed by atoms with Crippen LogP contribution in [0.15, 0.2) is 35.7 Å². The standard InChI is InChI=1S/C14H16FN3O6S/c1-3-6-17-14(21)18-12(19)8-24-13(20)10-7-9(4-5-11(10)15)25(22,23)16-2/h3-5,7,16H,1,6,8H2,2H3,(H2,17,18,19,21). The van der Waals surface area contributed by atoms with Crippen LogP contribution in [0.3, 0.4) is 0 Å². The van der Waals surface area contributed by atoms with Crippen LogP contribution in [0, 0.1) is 5.82 Å². The number of halogens is 1. The van der Waals surface area contributed by atoms with E-state index in [1.807, 2.05) is 10.0 Å². The third kappa shape index (κ3) is 5.97.